The van der Waals surface area contributed by atoms with Crippen LogP contribution >= 0.6 is 0 Å². The highest BCUT2D eigenvalue weighted by Gasteiger charge is 2.26. The van der Waals surface area contributed by atoms with Crippen molar-refractivity contribution in [1.82, 2.24) is 20.3 Å². The Bertz CT molecular complexity index is 1210. The van der Waals surface area contributed by atoms with Gasteiger partial charge in [-0.25, -0.2) is 9.97 Å². The average Bonchev–Trinajstić information content (AvgIpc) is 2.88. The van der Waals surface area contributed by atoms with Gasteiger partial charge < -0.3 is 10.2 Å². The van der Waals surface area contributed by atoms with E-state index in [2.05, 4.69) is 21.3 Å². The largest absolute Gasteiger partial charge is 0.351 e. The molecule has 1 saturated heterocycles. The van der Waals surface area contributed by atoms with Gasteiger partial charge in [0.1, 0.15) is 5.82 Å². The first-order chi connectivity index (χ1) is 15.8. The van der Waals surface area contributed by atoms with Gasteiger partial charge in [0.2, 0.25) is 0 Å². The Kier molecular flexibility index (Phi) is 5.75. The van der Waals surface area contributed by atoms with Crippen LogP contribution in [0.3, 0.4) is 0 Å². The first-order valence-corrected chi connectivity index (χ1v) is 11.1. The molecule has 160 valence electrons. The number of pyridine rings is 1. The van der Waals surface area contributed by atoms with Gasteiger partial charge in [0.05, 0.1) is 5.52 Å². The lowest BCUT2D eigenvalue weighted by atomic mass is 10.0. The van der Waals surface area contributed by atoms with Gasteiger partial charge in [0.15, 0.2) is 5.82 Å². The predicted molar refractivity (Wildman–Crippen MR) is 127 cm³/mol. The fourth-order valence-corrected chi connectivity index (χ4v) is 4.30. The Morgan fingerprint density at radius 2 is 1.72 bits per heavy atom. The Balaban J connectivity index is 1.47. The quantitative estimate of drug-likeness (QED) is 0.512. The van der Waals surface area contributed by atoms with Crippen LogP contribution in [-0.4, -0.2) is 40.0 Å². The van der Waals surface area contributed by atoms with Crippen LogP contribution in [0.1, 0.15) is 29.6 Å². The Morgan fingerprint density at radius 1 is 0.938 bits per heavy atom. The molecule has 0 aliphatic carbocycles. The number of aromatic nitrogens is 3. The van der Waals surface area contributed by atoms with E-state index in [9.17, 15) is 4.79 Å². The lowest BCUT2D eigenvalue weighted by Crippen LogP contribution is -2.47. The molecule has 5 rings (SSSR count). The number of carbonyl (C=O) groups is 1. The third kappa shape index (κ3) is 4.17. The summed E-state index contributed by atoms with van der Waals surface area (Å²) in [4.78, 5) is 28.9. The number of rotatable bonds is 5. The molecule has 1 aliphatic rings. The van der Waals surface area contributed by atoms with E-state index < -0.39 is 0 Å². The number of fused-ring (bicyclic) bond motifs is 1. The van der Waals surface area contributed by atoms with Crippen LogP contribution in [0.2, 0.25) is 0 Å². The minimum absolute atomic E-state index is 0.0406. The molecule has 1 atom stereocenters. The van der Waals surface area contributed by atoms with E-state index in [1.165, 1.54) is 0 Å². The highest BCUT2D eigenvalue weighted by atomic mass is 16.1. The van der Waals surface area contributed by atoms with Gasteiger partial charge in [-0.1, -0.05) is 30.3 Å². The van der Waals surface area contributed by atoms with Crippen molar-refractivity contribution in [3.05, 3.63) is 84.7 Å². The minimum Gasteiger partial charge on any atom is -0.351 e. The topological polar surface area (TPSA) is 71.0 Å². The van der Waals surface area contributed by atoms with E-state index in [1.54, 1.807) is 12.4 Å². The van der Waals surface area contributed by atoms with Crippen LogP contribution in [0.4, 0.5) is 5.82 Å². The summed E-state index contributed by atoms with van der Waals surface area (Å²) in [5.74, 6) is 1.58. The van der Waals surface area contributed by atoms with Crippen LogP contribution in [0.15, 0.2) is 79.1 Å². The molecule has 32 heavy (non-hydrogen) atoms. The van der Waals surface area contributed by atoms with Crippen LogP contribution in [0, 0.1) is 0 Å². The maximum absolute atomic E-state index is 12.6. The fraction of sp³-hybridized carbons (Fsp3) is 0.231. The minimum atomic E-state index is -0.0406. The van der Waals surface area contributed by atoms with Gasteiger partial charge in [0, 0.05) is 48.0 Å². The summed E-state index contributed by atoms with van der Waals surface area (Å²) in [6.45, 7) is 1.49. The number of nitrogens with zero attached hydrogens (tertiary/aromatic N) is 4. The number of piperidine rings is 1. The van der Waals surface area contributed by atoms with Crippen molar-refractivity contribution in [3.63, 3.8) is 0 Å². The third-order valence-electron chi connectivity index (χ3n) is 5.96. The number of benzene rings is 2. The number of hydrogen-bond donors (Lipinski definition) is 1. The van der Waals surface area contributed by atoms with Crippen molar-refractivity contribution in [2.75, 3.05) is 18.0 Å². The molecule has 2 aromatic heterocycles. The number of para-hydroxylation sites is 1. The standard InChI is InChI=1S/C26H25N5O/c32-26(20-8-2-1-3-9-20)28-18-21-10-6-7-17-31(21)25-22-11-4-5-12-23(22)29-24(30-25)19-13-15-27-16-14-19/h1-5,8-9,11-16,21H,6-7,10,17-18H2,(H,28,32). The van der Waals surface area contributed by atoms with Crippen molar-refractivity contribution in [2.24, 2.45) is 0 Å². The van der Waals surface area contributed by atoms with Crippen molar-refractivity contribution in [1.29, 1.82) is 0 Å². The lowest BCUT2D eigenvalue weighted by molar-refractivity contribution is 0.0949. The molecule has 0 spiro atoms. The maximum atomic E-state index is 12.6. The lowest BCUT2D eigenvalue weighted by Gasteiger charge is -2.37. The second-order valence-corrected chi connectivity index (χ2v) is 8.04. The normalized spacial score (nSPS) is 16.1. The smallest absolute Gasteiger partial charge is 0.251 e. The summed E-state index contributed by atoms with van der Waals surface area (Å²) in [6.07, 6.45) is 6.78. The number of carbonyl (C=O) groups excluding carboxylic acids is 1. The van der Waals surface area contributed by atoms with Gasteiger partial charge in [-0.3, -0.25) is 9.78 Å². The Labute approximate surface area is 187 Å². The maximum Gasteiger partial charge on any atom is 0.251 e. The van der Waals surface area contributed by atoms with E-state index in [-0.39, 0.29) is 11.9 Å². The van der Waals surface area contributed by atoms with Crippen LogP contribution in [0.5, 0.6) is 0 Å². The first kappa shape index (κ1) is 20.1. The van der Waals surface area contributed by atoms with Gasteiger partial charge in [-0.2, -0.15) is 0 Å². The highest BCUT2D eigenvalue weighted by Crippen LogP contribution is 2.31. The Hall–Kier alpha value is -3.80. The summed E-state index contributed by atoms with van der Waals surface area (Å²) in [6, 6.07) is 21.5. The summed E-state index contributed by atoms with van der Waals surface area (Å²) in [5, 5.41) is 4.16. The summed E-state index contributed by atoms with van der Waals surface area (Å²) >= 11 is 0. The summed E-state index contributed by atoms with van der Waals surface area (Å²) in [5.41, 5.74) is 2.54. The highest BCUT2D eigenvalue weighted by molar-refractivity contribution is 5.94. The van der Waals surface area contributed by atoms with Crippen LogP contribution < -0.4 is 10.2 Å². The van der Waals surface area contributed by atoms with E-state index in [0.717, 1.165) is 48.1 Å². The van der Waals surface area contributed by atoms with Gasteiger partial charge in [0.25, 0.3) is 5.91 Å². The molecule has 3 heterocycles. The zero-order valence-corrected chi connectivity index (χ0v) is 17.8. The zero-order valence-electron chi connectivity index (χ0n) is 17.8. The van der Waals surface area contributed by atoms with Crippen molar-refractivity contribution < 1.29 is 4.79 Å². The number of hydrogen-bond acceptors (Lipinski definition) is 5. The molecule has 1 aliphatic heterocycles. The third-order valence-corrected chi connectivity index (χ3v) is 5.96. The second-order valence-electron chi connectivity index (χ2n) is 8.04. The number of anilines is 1. The molecule has 1 amide bonds. The van der Waals surface area contributed by atoms with E-state index >= 15 is 0 Å². The van der Waals surface area contributed by atoms with Gasteiger partial charge >= 0.3 is 0 Å². The molecular weight excluding hydrogens is 398 g/mol. The predicted octanol–water partition coefficient (Wildman–Crippen LogP) is 4.48. The molecule has 4 aromatic rings. The molecule has 1 N–H and O–H groups in total. The zero-order chi connectivity index (χ0) is 21.8. The van der Waals surface area contributed by atoms with Gasteiger partial charge in [-0.15, -0.1) is 0 Å². The van der Waals surface area contributed by atoms with E-state index in [1.807, 2.05) is 60.7 Å². The monoisotopic (exact) mass is 423 g/mol. The molecule has 6 heteroatoms. The molecule has 1 fully saturated rings. The molecule has 0 bridgehead atoms. The van der Waals surface area contributed by atoms with Crippen LogP contribution in [-0.2, 0) is 0 Å². The summed E-state index contributed by atoms with van der Waals surface area (Å²) < 4.78 is 0. The molecule has 1 unspecified atom stereocenters. The molecule has 6 nitrogen and oxygen atoms in total. The van der Waals surface area contributed by atoms with Gasteiger partial charge in [-0.05, 0) is 55.7 Å². The first-order valence-electron chi connectivity index (χ1n) is 11.1. The van der Waals surface area contributed by atoms with E-state index in [0.29, 0.717) is 17.9 Å². The Morgan fingerprint density at radius 3 is 2.56 bits per heavy atom. The fourth-order valence-electron chi connectivity index (χ4n) is 4.30. The number of nitrogens with one attached hydrogen (secondary N) is 1. The second kappa shape index (κ2) is 9.14. The molecule has 2 aromatic carbocycles. The van der Waals surface area contributed by atoms with Crippen LogP contribution in [0.25, 0.3) is 22.3 Å². The molecule has 0 radical (unpaired) electrons. The summed E-state index contributed by atoms with van der Waals surface area (Å²) in [7, 11) is 0. The SMILES string of the molecule is O=C(NCC1CCCCN1c1nc(-c2ccncc2)nc2ccccc12)c1ccccc1. The molecular formula is C26H25N5O. The van der Waals surface area contributed by atoms with Crippen molar-refractivity contribution in [2.45, 2.75) is 25.3 Å². The average molecular weight is 424 g/mol. The number of amides is 1. The van der Waals surface area contributed by atoms with E-state index in [4.69, 9.17) is 9.97 Å². The molecule has 0 saturated carbocycles. The van der Waals surface area contributed by atoms with Crippen molar-refractivity contribution >= 4 is 22.6 Å². The van der Waals surface area contributed by atoms with Crippen molar-refractivity contribution in [3.8, 4) is 11.4 Å².